The summed E-state index contributed by atoms with van der Waals surface area (Å²) < 4.78 is 38.0. The first-order valence-electron chi connectivity index (χ1n) is 9.35. The minimum atomic E-state index is -4.45. The van der Waals surface area contributed by atoms with Crippen molar-refractivity contribution in [2.24, 2.45) is 0 Å². The highest BCUT2D eigenvalue weighted by atomic mass is 35.5. The van der Waals surface area contributed by atoms with Crippen LogP contribution in [0.3, 0.4) is 0 Å². The molecular formula is C22H15ClF3N3O4. The van der Waals surface area contributed by atoms with Crippen molar-refractivity contribution in [3.8, 4) is 0 Å². The number of non-ortho nitro benzene ring substituents is 1. The van der Waals surface area contributed by atoms with E-state index in [-0.39, 0.29) is 34.1 Å². The second kappa shape index (κ2) is 9.70. The van der Waals surface area contributed by atoms with Gasteiger partial charge in [-0.15, -0.1) is 0 Å². The number of nitro groups is 1. The van der Waals surface area contributed by atoms with Crippen LogP contribution in [0.4, 0.5) is 24.5 Å². The molecule has 0 aliphatic carbocycles. The van der Waals surface area contributed by atoms with Crippen LogP contribution in [0.25, 0.3) is 0 Å². The largest absolute Gasteiger partial charge is 0.416 e. The fourth-order valence-electron chi connectivity index (χ4n) is 2.87. The molecule has 0 radical (unpaired) electrons. The number of nitrogens with one attached hydrogen (secondary N) is 2. The number of halogens is 4. The van der Waals surface area contributed by atoms with Crippen molar-refractivity contribution in [2.75, 3.05) is 5.32 Å². The lowest BCUT2D eigenvalue weighted by atomic mass is 10.1. The molecule has 2 amide bonds. The van der Waals surface area contributed by atoms with E-state index in [1.165, 1.54) is 30.3 Å². The predicted molar refractivity (Wildman–Crippen MR) is 115 cm³/mol. The number of hydrogen-bond donors (Lipinski definition) is 2. The zero-order valence-corrected chi connectivity index (χ0v) is 17.4. The molecule has 0 saturated carbocycles. The van der Waals surface area contributed by atoms with Crippen LogP contribution in [-0.2, 0) is 12.7 Å². The summed E-state index contributed by atoms with van der Waals surface area (Å²) in [6, 6.07) is 13.8. The molecule has 3 aromatic rings. The maximum Gasteiger partial charge on any atom is 0.416 e. The Balaban J connectivity index is 1.71. The number of rotatable bonds is 6. The van der Waals surface area contributed by atoms with Gasteiger partial charge in [0.05, 0.1) is 32.3 Å². The van der Waals surface area contributed by atoms with Crippen LogP contribution in [0, 0.1) is 10.1 Å². The third-order valence-electron chi connectivity index (χ3n) is 4.56. The summed E-state index contributed by atoms with van der Waals surface area (Å²) in [5.74, 6) is -1.25. The van der Waals surface area contributed by atoms with Crippen molar-refractivity contribution in [1.29, 1.82) is 0 Å². The highest BCUT2D eigenvalue weighted by molar-refractivity contribution is 6.34. The van der Waals surface area contributed by atoms with E-state index in [2.05, 4.69) is 10.6 Å². The van der Waals surface area contributed by atoms with E-state index in [1.54, 1.807) is 12.1 Å². The van der Waals surface area contributed by atoms with E-state index in [9.17, 15) is 32.9 Å². The Morgan fingerprint density at radius 1 is 0.939 bits per heavy atom. The average Bonchev–Trinajstić information content (AvgIpc) is 2.77. The van der Waals surface area contributed by atoms with Crippen molar-refractivity contribution in [3.05, 3.63) is 104 Å². The van der Waals surface area contributed by atoms with Gasteiger partial charge in [0.2, 0.25) is 0 Å². The molecule has 0 aliphatic heterocycles. The van der Waals surface area contributed by atoms with E-state index in [0.29, 0.717) is 5.56 Å². The maximum absolute atomic E-state index is 12.7. The van der Waals surface area contributed by atoms with E-state index in [1.807, 2.05) is 0 Å². The number of carbonyl (C=O) groups excluding carboxylic acids is 2. The minimum Gasteiger partial charge on any atom is -0.348 e. The van der Waals surface area contributed by atoms with Gasteiger partial charge in [-0.2, -0.15) is 13.2 Å². The van der Waals surface area contributed by atoms with Crippen LogP contribution >= 0.6 is 11.6 Å². The second-order valence-corrected chi connectivity index (χ2v) is 7.21. The SMILES string of the molecule is O=C(Nc1ccccc1C(=O)NCc1ccc(C(F)(F)F)cc1)c1ccc([N+](=O)[O-])cc1Cl. The summed E-state index contributed by atoms with van der Waals surface area (Å²) in [5, 5.41) is 15.8. The van der Waals surface area contributed by atoms with Crippen LogP contribution in [-0.4, -0.2) is 16.7 Å². The van der Waals surface area contributed by atoms with Crippen LogP contribution in [0.1, 0.15) is 31.8 Å². The number of nitrogens with zero attached hydrogens (tertiary/aromatic N) is 1. The van der Waals surface area contributed by atoms with E-state index >= 15 is 0 Å². The molecule has 0 unspecified atom stereocenters. The Bertz CT molecular complexity index is 1210. The van der Waals surface area contributed by atoms with Gasteiger partial charge in [0, 0.05) is 18.7 Å². The Morgan fingerprint density at radius 3 is 2.21 bits per heavy atom. The van der Waals surface area contributed by atoms with Gasteiger partial charge in [-0.3, -0.25) is 19.7 Å². The molecule has 0 saturated heterocycles. The molecule has 33 heavy (non-hydrogen) atoms. The van der Waals surface area contributed by atoms with Crippen molar-refractivity contribution >= 4 is 34.8 Å². The zero-order valence-electron chi connectivity index (χ0n) is 16.7. The standard InChI is InChI=1S/C22H15ClF3N3O4/c23-18-11-15(29(32)33)9-10-16(18)21(31)28-19-4-2-1-3-17(19)20(30)27-12-13-5-7-14(8-6-13)22(24,25)26/h1-11H,12H2,(H,27,30)(H,28,31). The fraction of sp³-hybridized carbons (Fsp3) is 0.0909. The highest BCUT2D eigenvalue weighted by Crippen LogP contribution is 2.29. The van der Waals surface area contributed by atoms with Gasteiger partial charge in [0.25, 0.3) is 17.5 Å². The Morgan fingerprint density at radius 2 is 1.61 bits per heavy atom. The summed E-state index contributed by atoms with van der Waals surface area (Å²) >= 11 is 5.98. The lowest BCUT2D eigenvalue weighted by Crippen LogP contribution is -2.25. The van der Waals surface area contributed by atoms with Crippen LogP contribution < -0.4 is 10.6 Å². The predicted octanol–water partition coefficient (Wildman–Crippen LogP) is 5.45. The number of hydrogen-bond acceptors (Lipinski definition) is 4. The van der Waals surface area contributed by atoms with Crippen molar-refractivity contribution in [3.63, 3.8) is 0 Å². The van der Waals surface area contributed by atoms with Gasteiger partial charge < -0.3 is 10.6 Å². The molecule has 3 rings (SSSR count). The van der Waals surface area contributed by atoms with Gasteiger partial charge in [0.15, 0.2) is 0 Å². The van der Waals surface area contributed by atoms with Gasteiger partial charge >= 0.3 is 6.18 Å². The maximum atomic E-state index is 12.7. The molecule has 0 spiro atoms. The number of alkyl halides is 3. The minimum absolute atomic E-state index is 0.0257. The van der Waals surface area contributed by atoms with Gasteiger partial charge in [-0.05, 0) is 35.9 Å². The third kappa shape index (κ3) is 5.86. The van der Waals surface area contributed by atoms with E-state index in [0.717, 1.165) is 24.3 Å². The first-order chi connectivity index (χ1) is 15.6. The Kier molecular flexibility index (Phi) is 6.98. The zero-order chi connectivity index (χ0) is 24.2. The average molecular weight is 478 g/mol. The summed E-state index contributed by atoms with van der Waals surface area (Å²) in [6.07, 6.45) is -4.45. The number of carbonyl (C=O) groups is 2. The van der Waals surface area contributed by atoms with Crippen LogP contribution in [0.5, 0.6) is 0 Å². The highest BCUT2D eigenvalue weighted by Gasteiger charge is 2.29. The van der Waals surface area contributed by atoms with Gasteiger partial charge in [-0.25, -0.2) is 0 Å². The number of amides is 2. The molecule has 3 aromatic carbocycles. The molecule has 0 aliphatic rings. The van der Waals surface area contributed by atoms with E-state index in [4.69, 9.17) is 11.6 Å². The molecule has 0 fully saturated rings. The summed E-state index contributed by atoms with van der Waals surface area (Å²) in [7, 11) is 0. The topological polar surface area (TPSA) is 101 Å². The summed E-state index contributed by atoms with van der Waals surface area (Å²) in [6.45, 7) is -0.0343. The summed E-state index contributed by atoms with van der Waals surface area (Å²) in [5.41, 5.74) is -0.384. The summed E-state index contributed by atoms with van der Waals surface area (Å²) in [4.78, 5) is 35.4. The Hall–Kier alpha value is -3.92. The van der Waals surface area contributed by atoms with Crippen molar-refractivity contribution in [1.82, 2.24) is 5.32 Å². The monoisotopic (exact) mass is 477 g/mol. The lowest BCUT2D eigenvalue weighted by molar-refractivity contribution is -0.384. The molecule has 170 valence electrons. The van der Waals surface area contributed by atoms with Crippen molar-refractivity contribution < 1.29 is 27.7 Å². The first-order valence-corrected chi connectivity index (χ1v) is 9.72. The molecular weight excluding hydrogens is 463 g/mol. The van der Waals surface area contributed by atoms with Crippen LogP contribution in [0.15, 0.2) is 66.7 Å². The smallest absolute Gasteiger partial charge is 0.348 e. The fourth-order valence-corrected chi connectivity index (χ4v) is 3.13. The number of anilines is 1. The molecule has 0 bridgehead atoms. The Labute approximate surface area is 190 Å². The van der Waals surface area contributed by atoms with Gasteiger partial charge in [-0.1, -0.05) is 35.9 Å². The molecule has 0 atom stereocenters. The number of benzene rings is 3. The molecule has 11 heteroatoms. The first kappa shape index (κ1) is 23.7. The number of nitro benzene ring substituents is 1. The quantitative estimate of drug-likeness (QED) is 0.364. The molecule has 7 nitrogen and oxygen atoms in total. The molecule has 0 aromatic heterocycles. The number of para-hydroxylation sites is 1. The van der Waals surface area contributed by atoms with Crippen molar-refractivity contribution in [2.45, 2.75) is 12.7 Å². The molecule has 0 heterocycles. The van der Waals surface area contributed by atoms with E-state index < -0.39 is 28.5 Å². The normalized spacial score (nSPS) is 11.0. The van der Waals surface area contributed by atoms with Crippen LogP contribution in [0.2, 0.25) is 5.02 Å². The third-order valence-corrected chi connectivity index (χ3v) is 4.88. The van der Waals surface area contributed by atoms with Gasteiger partial charge in [0.1, 0.15) is 0 Å². The second-order valence-electron chi connectivity index (χ2n) is 6.80. The lowest BCUT2D eigenvalue weighted by Gasteiger charge is -2.12. The molecule has 2 N–H and O–H groups in total.